The summed E-state index contributed by atoms with van der Waals surface area (Å²) >= 11 is 3.43. The van der Waals surface area contributed by atoms with Crippen molar-refractivity contribution in [1.29, 1.82) is 0 Å². The number of benzene rings is 2. The first kappa shape index (κ1) is 11.9. The Morgan fingerprint density at radius 1 is 1.12 bits per heavy atom. The molecule has 2 nitrogen and oxygen atoms in total. The quantitative estimate of drug-likeness (QED) is 0.785. The van der Waals surface area contributed by atoms with E-state index in [-0.39, 0.29) is 0 Å². The highest BCUT2D eigenvalue weighted by Gasteiger charge is 2.03. The maximum Gasteiger partial charge on any atom is 0.150 e. The Morgan fingerprint density at radius 3 is 2.47 bits per heavy atom. The van der Waals surface area contributed by atoms with Crippen LogP contribution in [0.4, 0.5) is 0 Å². The van der Waals surface area contributed by atoms with Gasteiger partial charge in [0.2, 0.25) is 0 Å². The Balaban J connectivity index is 2.24. The maximum absolute atomic E-state index is 10.5. The molecular weight excluding hydrogens is 280 g/mol. The van der Waals surface area contributed by atoms with Crippen molar-refractivity contribution in [3.63, 3.8) is 0 Å². The zero-order chi connectivity index (χ0) is 12.3. The van der Waals surface area contributed by atoms with Gasteiger partial charge in [-0.2, -0.15) is 0 Å². The van der Waals surface area contributed by atoms with E-state index >= 15 is 0 Å². The van der Waals surface area contributed by atoms with Crippen molar-refractivity contribution >= 4 is 22.2 Å². The van der Waals surface area contributed by atoms with Crippen LogP contribution in [0.5, 0.6) is 11.5 Å². The Labute approximate surface area is 108 Å². The fourth-order valence-corrected chi connectivity index (χ4v) is 1.76. The lowest BCUT2D eigenvalue weighted by Gasteiger charge is -2.08. The topological polar surface area (TPSA) is 26.3 Å². The molecule has 86 valence electrons. The Morgan fingerprint density at radius 2 is 1.82 bits per heavy atom. The molecule has 17 heavy (non-hydrogen) atoms. The number of aryl methyl sites for hydroxylation is 1. The van der Waals surface area contributed by atoms with Crippen LogP contribution in [0.25, 0.3) is 0 Å². The third-order valence-electron chi connectivity index (χ3n) is 2.33. The Bertz CT molecular complexity index is 532. The molecular formula is C14H11BrO2. The predicted molar refractivity (Wildman–Crippen MR) is 70.8 cm³/mol. The van der Waals surface area contributed by atoms with Crippen LogP contribution >= 0.6 is 15.9 Å². The summed E-state index contributed by atoms with van der Waals surface area (Å²) in [6.07, 6.45) is 0.812. The number of carbonyl (C=O) groups excluding carboxylic acids is 1. The molecule has 0 amide bonds. The number of hydrogen-bond acceptors (Lipinski definition) is 2. The van der Waals surface area contributed by atoms with E-state index in [1.807, 2.05) is 25.1 Å². The van der Waals surface area contributed by atoms with E-state index in [2.05, 4.69) is 15.9 Å². The van der Waals surface area contributed by atoms with Gasteiger partial charge in [0.05, 0.1) is 4.47 Å². The molecule has 2 aromatic carbocycles. The molecule has 0 saturated carbocycles. The molecule has 3 heteroatoms. The zero-order valence-corrected chi connectivity index (χ0v) is 10.9. The van der Waals surface area contributed by atoms with Gasteiger partial charge in [-0.15, -0.1) is 0 Å². The summed E-state index contributed by atoms with van der Waals surface area (Å²) in [5, 5.41) is 0. The first-order valence-corrected chi connectivity index (χ1v) is 5.97. The molecule has 0 spiro atoms. The van der Waals surface area contributed by atoms with Gasteiger partial charge in [0.1, 0.15) is 17.8 Å². The minimum absolute atomic E-state index is 0.639. The average molecular weight is 291 g/mol. The maximum atomic E-state index is 10.5. The van der Waals surface area contributed by atoms with Gasteiger partial charge in [-0.25, -0.2) is 0 Å². The summed E-state index contributed by atoms with van der Waals surface area (Å²) in [6.45, 7) is 2.01. The average Bonchev–Trinajstić information content (AvgIpc) is 2.35. The largest absolute Gasteiger partial charge is 0.456 e. The first-order chi connectivity index (χ1) is 8.19. The molecule has 0 heterocycles. The van der Waals surface area contributed by atoms with Crippen LogP contribution in [-0.2, 0) is 0 Å². The molecule has 0 bridgehead atoms. The number of rotatable bonds is 3. The summed E-state index contributed by atoms with van der Waals surface area (Å²) in [4.78, 5) is 10.5. The van der Waals surface area contributed by atoms with Crippen molar-refractivity contribution in [1.82, 2.24) is 0 Å². The molecule has 0 unspecified atom stereocenters. The Hall–Kier alpha value is -1.61. The van der Waals surface area contributed by atoms with Gasteiger partial charge in [0.15, 0.2) is 0 Å². The van der Waals surface area contributed by atoms with E-state index in [1.54, 1.807) is 24.3 Å². The molecule has 2 aromatic rings. The fourth-order valence-electron chi connectivity index (χ4n) is 1.43. The van der Waals surface area contributed by atoms with Crippen LogP contribution in [0, 0.1) is 6.92 Å². The smallest absolute Gasteiger partial charge is 0.150 e. The lowest BCUT2D eigenvalue weighted by molar-refractivity contribution is 0.112. The van der Waals surface area contributed by atoms with Crippen LogP contribution in [0.2, 0.25) is 0 Å². The van der Waals surface area contributed by atoms with Gasteiger partial charge >= 0.3 is 0 Å². The molecule has 0 N–H and O–H groups in total. The molecule has 0 atom stereocenters. The number of hydrogen-bond donors (Lipinski definition) is 0. The van der Waals surface area contributed by atoms with Crippen LogP contribution in [-0.4, -0.2) is 6.29 Å². The van der Waals surface area contributed by atoms with Gasteiger partial charge in [-0.1, -0.05) is 6.07 Å². The second kappa shape index (κ2) is 5.15. The van der Waals surface area contributed by atoms with E-state index in [0.29, 0.717) is 11.3 Å². The van der Waals surface area contributed by atoms with Crippen LogP contribution in [0.15, 0.2) is 46.9 Å². The predicted octanol–water partition coefficient (Wildman–Crippen LogP) is 4.36. The fraction of sp³-hybridized carbons (Fsp3) is 0.0714. The third-order valence-corrected chi connectivity index (χ3v) is 2.99. The first-order valence-electron chi connectivity index (χ1n) is 5.18. The van der Waals surface area contributed by atoms with E-state index in [1.165, 1.54) is 0 Å². The van der Waals surface area contributed by atoms with E-state index in [0.717, 1.165) is 22.1 Å². The Kier molecular flexibility index (Phi) is 3.59. The van der Waals surface area contributed by atoms with Gasteiger partial charge in [0.25, 0.3) is 0 Å². The van der Waals surface area contributed by atoms with Crippen molar-refractivity contribution < 1.29 is 9.53 Å². The molecule has 0 radical (unpaired) electrons. The minimum atomic E-state index is 0.639. The lowest BCUT2D eigenvalue weighted by Crippen LogP contribution is -1.87. The van der Waals surface area contributed by atoms with Crippen LogP contribution < -0.4 is 4.74 Å². The highest BCUT2D eigenvalue weighted by Crippen LogP contribution is 2.30. The summed E-state index contributed by atoms with van der Waals surface area (Å²) < 4.78 is 6.63. The second-order valence-corrected chi connectivity index (χ2v) is 4.58. The summed E-state index contributed by atoms with van der Waals surface area (Å²) in [5.74, 6) is 1.48. The van der Waals surface area contributed by atoms with E-state index < -0.39 is 0 Å². The molecule has 0 saturated heterocycles. The van der Waals surface area contributed by atoms with Gasteiger partial charge in [0, 0.05) is 5.56 Å². The second-order valence-electron chi connectivity index (χ2n) is 3.72. The normalized spacial score (nSPS) is 10.0. The number of aldehydes is 1. The van der Waals surface area contributed by atoms with Gasteiger partial charge < -0.3 is 4.74 Å². The number of halogens is 1. The van der Waals surface area contributed by atoms with Crippen molar-refractivity contribution in [2.45, 2.75) is 6.92 Å². The minimum Gasteiger partial charge on any atom is -0.456 e. The van der Waals surface area contributed by atoms with E-state index in [9.17, 15) is 4.79 Å². The molecule has 2 rings (SSSR count). The number of carbonyl (C=O) groups is 1. The SMILES string of the molecule is Cc1ccc(Br)c(Oc2ccc(C=O)cc2)c1. The van der Waals surface area contributed by atoms with Crippen molar-refractivity contribution in [3.05, 3.63) is 58.1 Å². The lowest BCUT2D eigenvalue weighted by atomic mass is 10.2. The molecule has 0 aliphatic rings. The van der Waals surface area contributed by atoms with Gasteiger partial charge in [-0.05, 0) is 64.8 Å². The van der Waals surface area contributed by atoms with E-state index in [4.69, 9.17) is 4.74 Å². The monoisotopic (exact) mass is 290 g/mol. The molecule has 0 aliphatic heterocycles. The van der Waals surface area contributed by atoms with Crippen molar-refractivity contribution in [3.8, 4) is 11.5 Å². The zero-order valence-electron chi connectivity index (χ0n) is 9.31. The summed E-state index contributed by atoms with van der Waals surface area (Å²) in [5.41, 5.74) is 1.77. The van der Waals surface area contributed by atoms with Crippen molar-refractivity contribution in [2.24, 2.45) is 0 Å². The van der Waals surface area contributed by atoms with Crippen LogP contribution in [0.3, 0.4) is 0 Å². The van der Waals surface area contributed by atoms with Crippen LogP contribution in [0.1, 0.15) is 15.9 Å². The molecule has 0 aliphatic carbocycles. The summed E-state index contributed by atoms with van der Waals surface area (Å²) in [6, 6.07) is 12.9. The highest BCUT2D eigenvalue weighted by atomic mass is 79.9. The number of ether oxygens (including phenoxy) is 1. The summed E-state index contributed by atoms with van der Waals surface area (Å²) in [7, 11) is 0. The van der Waals surface area contributed by atoms with Gasteiger partial charge in [-0.3, -0.25) is 4.79 Å². The standard InChI is InChI=1S/C14H11BrO2/c1-10-2-7-13(15)14(8-10)17-12-5-3-11(9-16)4-6-12/h2-9H,1H3. The molecule has 0 fully saturated rings. The highest BCUT2D eigenvalue weighted by molar-refractivity contribution is 9.10. The third kappa shape index (κ3) is 2.94. The van der Waals surface area contributed by atoms with Crippen molar-refractivity contribution in [2.75, 3.05) is 0 Å². The molecule has 0 aromatic heterocycles.